The second kappa shape index (κ2) is 7.86. The maximum atomic E-state index is 12.7. The molecule has 3 aliphatic rings. The zero-order chi connectivity index (χ0) is 18.3. The molecule has 0 radical (unpaired) electrons. The molecule has 4 rings (SSSR count). The number of nitrogens with two attached hydrogens (primary N) is 1. The molecule has 2 atom stereocenters. The summed E-state index contributed by atoms with van der Waals surface area (Å²) in [7, 11) is 0. The van der Waals surface area contributed by atoms with Gasteiger partial charge in [0, 0.05) is 24.2 Å². The third kappa shape index (κ3) is 4.09. The zero-order valence-corrected chi connectivity index (χ0v) is 15.8. The number of benzene rings is 1. The van der Waals surface area contributed by atoms with E-state index >= 15 is 0 Å². The zero-order valence-electron chi connectivity index (χ0n) is 15.0. The molecule has 1 aromatic rings. The third-order valence-corrected chi connectivity index (χ3v) is 5.37. The Labute approximate surface area is 164 Å². The maximum absolute atomic E-state index is 12.7. The second-order valence-corrected chi connectivity index (χ2v) is 7.46. The van der Waals surface area contributed by atoms with Gasteiger partial charge in [0.25, 0.3) is 5.91 Å². The van der Waals surface area contributed by atoms with Crippen molar-refractivity contribution in [3.8, 4) is 0 Å². The highest BCUT2D eigenvalue weighted by molar-refractivity contribution is 6.05. The van der Waals surface area contributed by atoms with Gasteiger partial charge in [0.15, 0.2) is 0 Å². The number of amides is 3. The van der Waals surface area contributed by atoms with E-state index in [1.165, 1.54) is 0 Å². The highest BCUT2D eigenvalue weighted by atomic mass is 35.5. The molecule has 0 aromatic heterocycles. The molecule has 1 aromatic carbocycles. The van der Waals surface area contributed by atoms with Crippen molar-refractivity contribution < 1.29 is 14.4 Å². The number of rotatable bonds is 7. The first-order valence-electron chi connectivity index (χ1n) is 9.28. The molecule has 2 aliphatic carbocycles. The van der Waals surface area contributed by atoms with Gasteiger partial charge < -0.3 is 21.3 Å². The SMILES string of the molecule is Cl.NC(CNC(=O)CNC(=O)C1c2ccccc2C(=O)N1C1CC1)C1CC1. The maximum Gasteiger partial charge on any atom is 0.255 e. The number of carbonyl (C=O) groups is 3. The summed E-state index contributed by atoms with van der Waals surface area (Å²) in [6.07, 6.45) is 4.09. The third-order valence-electron chi connectivity index (χ3n) is 5.37. The van der Waals surface area contributed by atoms with Crippen LogP contribution in [-0.4, -0.2) is 47.8 Å². The van der Waals surface area contributed by atoms with Gasteiger partial charge in [-0.15, -0.1) is 12.4 Å². The van der Waals surface area contributed by atoms with Crippen LogP contribution in [0.3, 0.4) is 0 Å². The summed E-state index contributed by atoms with van der Waals surface area (Å²) in [5.74, 6) is -0.150. The Bertz CT molecular complexity index is 748. The van der Waals surface area contributed by atoms with Crippen molar-refractivity contribution in [2.75, 3.05) is 13.1 Å². The lowest BCUT2D eigenvalue weighted by molar-refractivity contribution is -0.129. The fraction of sp³-hybridized carbons (Fsp3) is 0.526. The summed E-state index contributed by atoms with van der Waals surface area (Å²) < 4.78 is 0. The lowest BCUT2D eigenvalue weighted by atomic mass is 10.0. The molecule has 0 spiro atoms. The van der Waals surface area contributed by atoms with E-state index in [2.05, 4.69) is 10.6 Å². The smallest absolute Gasteiger partial charge is 0.255 e. The molecule has 27 heavy (non-hydrogen) atoms. The number of nitrogens with one attached hydrogen (secondary N) is 2. The van der Waals surface area contributed by atoms with Crippen LogP contribution in [0.25, 0.3) is 0 Å². The molecule has 1 heterocycles. The number of fused-ring (bicyclic) bond motifs is 1. The van der Waals surface area contributed by atoms with E-state index in [1.807, 2.05) is 12.1 Å². The summed E-state index contributed by atoms with van der Waals surface area (Å²) in [5, 5.41) is 5.45. The van der Waals surface area contributed by atoms with Gasteiger partial charge in [-0.25, -0.2) is 0 Å². The van der Waals surface area contributed by atoms with Crippen LogP contribution in [-0.2, 0) is 9.59 Å². The average Bonchev–Trinajstić information content (AvgIpc) is 3.54. The molecule has 146 valence electrons. The van der Waals surface area contributed by atoms with Crippen molar-refractivity contribution >= 4 is 30.1 Å². The van der Waals surface area contributed by atoms with Crippen LogP contribution in [0, 0.1) is 5.92 Å². The van der Waals surface area contributed by atoms with E-state index in [1.54, 1.807) is 17.0 Å². The van der Waals surface area contributed by atoms with Crippen molar-refractivity contribution in [1.29, 1.82) is 0 Å². The van der Waals surface area contributed by atoms with Crippen molar-refractivity contribution in [3.05, 3.63) is 35.4 Å². The van der Waals surface area contributed by atoms with Crippen LogP contribution >= 0.6 is 12.4 Å². The van der Waals surface area contributed by atoms with Crippen LogP contribution in [0.1, 0.15) is 47.6 Å². The predicted octanol–water partition coefficient (Wildman–Crippen LogP) is 0.737. The Balaban J connectivity index is 0.00000210. The molecule has 4 N–H and O–H groups in total. The van der Waals surface area contributed by atoms with Gasteiger partial charge in [0.05, 0.1) is 6.54 Å². The van der Waals surface area contributed by atoms with Gasteiger partial charge in [0.2, 0.25) is 11.8 Å². The van der Waals surface area contributed by atoms with Crippen LogP contribution in [0.15, 0.2) is 24.3 Å². The van der Waals surface area contributed by atoms with Crippen LogP contribution in [0.5, 0.6) is 0 Å². The lowest BCUT2D eigenvalue weighted by Crippen LogP contribution is -2.46. The van der Waals surface area contributed by atoms with Gasteiger partial charge in [0.1, 0.15) is 6.04 Å². The molecule has 2 unspecified atom stereocenters. The monoisotopic (exact) mass is 392 g/mol. The molecule has 0 saturated heterocycles. The topological polar surface area (TPSA) is 105 Å². The Morgan fingerprint density at radius 3 is 2.52 bits per heavy atom. The summed E-state index contributed by atoms with van der Waals surface area (Å²) in [4.78, 5) is 39.0. The van der Waals surface area contributed by atoms with Gasteiger partial charge in [-0.05, 0) is 43.2 Å². The number of halogens is 1. The fourth-order valence-electron chi connectivity index (χ4n) is 3.58. The number of carbonyl (C=O) groups excluding carboxylic acids is 3. The van der Waals surface area contributed by atoms with Crippen LogP contribution in [0.4, 0.5) is 0 Å². The molecule has 8 heteroatoms. The van der Waals surface area contributed by atoms with E-state index in [9.17, 15) is 14.4 Å². The molecular weight excluding hydrogens is 368 g/mol. The van der Waals surface area contributed by atoms with E-state index in [-0.39, 0.29) is 48.8 Å². The van der Waals surface area contributed by atoms with E-state index in [0.29, 0.717) is 18.0 Å². The Kier molecular flexibility index (Phi) is 5.72. The average molecular weight is 393 g/mol. The highest BCUT2D eigenvalue weighted by Gasteiger charge is 2.47. The van der Waals surface area contributed by atoms with E-state index in [0.717, 1.165) is 31.2 Å². The lowest BCUT2D eigenvalue weighted by Gasteiger charge is -2.24. The van der Waals surface area contributed by atoms with Gasteiger partial charge >= 0.3 is 0 Å². The molecule has 2 saturated carbocycles. The Morgan fingerprint density at radius 1 is 1.15 bits per heavy atom. The first-order chi connectivity index (χ1) is 12.6. The van der Waals surface area contributed by atoms with Crippen LogP contribution in [0.2, 0.25) is 0 Å². The Hall–Kier alpha value is -2.12. The minimum atomic E-state index is -0.646. The Morgan fingerprint density at radius 2 is 1.85 bits per heavy atom. The summed E-state index contributed by atoms with van der Waals surface area (Å²) in [6.45, 7) is 0.319. The van der Waals surface area contributed by atoms with Crippen molar-refractivity contribution in [2.24, 2.45) is 11.7 Å². The van der Waals surface area contributed by atoms with Crippen molar-refractivity contribution in [2.45, 2.75) is 43.8 Å². The molecular formula is C19H25ClN4O3. The standard InChI is InChI=1S/C19H24N4O3.ClH/c20-15(11-5-6-11)9-21-16(24)10-22-18(25)17-13-3-1-2-4-14(13)19(26)23(17)12-7-8-12;/h1-4,11-12,15,17H,5-10,20H2,(H,21,24)(H,22,25);1H. The van der Waals surface area contributed by atoms with Gasteiger partial charge in [-0.3, -0.25) is 14.4 Å². The van der Waals surface area contributed by atoms with Gasteiger partial charge in [-0.2, -0.15) is 0 Å². The number of hydrogen-bond acceptors (Lipinski definition) is 4. The first-order valence-corrected chi connectivity index (χ1v) is 9.28. The minimum absolute atomic E-state index is 0. The van der Waals surface area contributed by atoms with Crippen molar-refractivity contribution in [3.63, 3.8) is 0 Å². The largest absolute Gasteiger partial charge is 0.353 e. The predicted molar refractivity (Wildman–Crippen MR) is 102 cm³/mol. The number of nitrogens with zero attached hydrogens (tertiary/aromatic N) is 1. The fourth-order valence-corrected chi connectivity index (χ4v) is 3.58. The quantitative estimate of drug-likeness (QED) is 0.636. The summed E-state index contributed by atoms with van der Waals surface area (Å²) >= 11 is 0. The minimum Gasteiger partial charge on any atom is -0.353 e. The number of hydrogen-bond donors (Lipinski definition) is 3. The van der Waals surface area contributed by atoms with Gasteiger partial charge in [-0.1, -0.05) is 18.2 Å². The molecule has 7 nitrogen and oxygen atoms in total. The molecule has 1 aliphatic heterocycles. The van der Waals surface area contributed by atoms with E-state index < -0.39 is 6.04 Å². The first kappa shape index (κ1) is 19.6. The normalized spacial score (nSPS) is 21.9. The summed E-state index contributed by atoms with van der Waals surface area (Å²) in [6, 6.07) is 6.66. The highest BCUT2D eigenvalue weighted by Crippen LogP contribution is 2.41. The molecule has 0 bridgehead atoms. The second-order valence-electron chi connectivity index (χ2n) is 7.46. The summed E-state index contributed by atoms with van der Waals surface area (Å²) in [5.41, 5.74) is 7.27. The van der Waals surface area contributed by atoms with Crippen molar-refractivity contribution in [1.82, 2.24) is 15.5 Å². The van der Waals surface area contributed by atoms with E-state index in [4.69, 9.17) is 5.73 Å². The van der Waals surface area contributed by atoms with Crippen LogP contribution < -0.4 is 16.4 Å². The molecule has 3 amide bonds. The molecule has 2 fully saturated rings.